The van der Waals surface area contributed by atoms with Gasteiger partial charge in [0, 0.05) is 11.6 Å². The summed E-state index contributed by atoms with van der Waals surface area (Å²) < 4.78 is 32.9. The fourth-order valence-corrected chi connectivity index (χ4v) is 2.72. The van der Waals surface area contributed by atoms with Gasteiger partial charge in [-0.25, -0.2) is 13.6 Å². The lowest BCUT2D eigenvalue weighted by atomic mass is 9.92. The zero-order valence-corrected chi connectivity index (χ0v) is 18.1. The Bertz CT molecular complexity index is 999. The summed E-state index contributed by atoms with van der Waals surface area (Å²) >= 11 is 0. The maximum Gasteiger partial charge on any atom is 0.331 e. The van der Waals surface area contributed by atoms with Gasteiger partial charge in [0.25, 0.3) is 5.91 Å². The normalized spacial score (nSPS) is 12.0. The second-order valence-corrected chi connectivity index (χ2v) is 8.49. The Balaban J connectivity index is 2.11. The first-order valence-electron chi connectivity index (χ1n) is 9.62. The molecule has 31 heavy (non-hydrogen) atoms. The average Bonchev–Trinajstić information content (AvgIpc) is 2.64. The summed E-state index contributed by atoms with van der Waals surface area (Å²) in [4.78, 5) is 36.9. The van der Waals surface area contributed by atoms with E-state index in [9.17, 15) is 23.2 Å². The van der Waals surface area contributed by atoms with E-state index in [0.717, 1.165) is 18.2 Å². The quantitative estimate of drug-likeness (QED) is 0.410. The van der Waals surface area contributed by atoms with Crippen molar-refractivity contribution in [2.45, 2.75) is 45.8 Å². The van der Waals surface area contributed by atoms with Crippen LogP contribution in [0.3, 0.4) is 0 Å². The number of halogens is 2. The molecule has 0 atom stereocenters. The molecule has 0 aliphatic heterocycles. The average molecular weight is 429 g/mol. The molecule has 0 spiro atoms. The molecule has 0 radical (unpaired) electrons. The van der Waals surface area contributed by atoms with Crippen molar-refractivity contribution in [1.82, 2.24) is 5.32 Å². The first kappa shape index (κ1) is 23.9. The highest BCUT2D eigenvalue weighted by molar-refractivity contribution is 6.06. The Morgan fingerprint density at radius 2 is 1.45 bits per heavy atom. The predicted molar refractivity (Wildman–Crippen MR) is 114 cm³/mol. The van der Waals surface area contributed by atoms with E-state index >= 15 is 0 Å². The number of hydrogen-bond donors (Lipinski definition) is 1. The molecule has 1 amide bonds. The molecule has 2 aromatic rings. The number of carbonyl (C=O) groups excluding carboxylic acids is 3. The summed E-state index contributed by atoms with van der Waals surface area (Å²) in [5.74, 6) is -3.98. The Morgan fingerprint density at radius 3 is 1.97 bits per heavy atom. The number of esters is 1. The standard InChI is InChI=1S/C24H25F2NO4/c1-23(2,3)31-19(28)14-11-15-9-12-16(13-10-15)21(29)24(4,5)27-22(30)20-17(25)7-6-8-18(20)26/h6-14H,1-5H3,(H,27,30). The minimum atomic E-state index is -1.42. The zero-order chi connectivity index (χ0) is 23.4. The van der Waals surface area contributed by atoms with Crippen molar-refractivity contribution in [2.75, 3.05) is 0 Å². The van der Waals surface area contributed by atoms with E-state index in [2.05, 4.69) is 5.32 Å². The van der Waals surface area contributed by atoms with Crippen LogP contribution in [0.15, 0.2) is 48.5 Å². The molecule has 2 aromatic carbocycles. The van der Waals surface area contributed by atoms with Crippen LogP contribution in [-0.2, 0) is 9.53 Å². The van der Waals surface area contributed by atoms with Crippen LogP contribution in [0.2, 0.25) is 0 Å². The Hall–Kier alpha value is -3.35. The summed E-state index contributed by atoms with van der Waals surface area (Å²) in [6.07, 6.45) is 2.84. The van der Waals surface area contributed by atoms with Gasteiger partial charge in [-0.3, -0.25) is 9.59 Å². The molecule has 0 fully saturated rings. The Labute approximate surface area is 180 Å². The molecule has 0 aliphatic rings. The molecule has 0 unspecified atom stereocenters. The van der Waals surface area contributed by atoms with Gasteiger partial charge in [-0.2, -0.15) is 0 Å². The fraction of sp³-hybridized carbons (Fsp3) is 0.292. The van der Waals surface area contributed by atoms with Crippen molar-refractivity contribution in [2.24, 2.45) is 0 Å². The van der Waals surface area contributed by atoms with Crippen LogP contribution in [-0.4, -0.2) is 28.8 Å². The second-order valence-electron chi connectivity index (χ2n) is 8.49. The number of ketones is 1. The van der Waals surface area contributed by atoms with Crippen molar-refractivity contribution in [3.8, 4) is 0 Å². The topological polar surface area (TPSA) is 72.5 Å². The first-order valence-corrected chi connectivity index (χ1v) is 9.62. The van der Waals surface area contributed by atoms with Crippen molar-refractivity contribution < 1.29 is 27.9 Å². The Morgan fingerprint density at radius 1 is 0.903 bits per heavy atom. The molecule has 0 bridgehead atoms. The second kappa shape index (κ2) is 9.20. The largest absolute Gasteiger partial charge is 0.457 e. The van der Waals surface area contributed by atoms with Gasteiger partial charge in [0.1, 0.15) is 22.8 Å². The number of hydrogen-bond acceptors (Lipinski definition) is 4. The Kier molecular flexibility index (Phi) is 7.10. The minimum Gasteiger partial charge on any atom is -0.457 e. The molecule has 0 aromatic heterocycles. The lowest BCUT2D eigenvalue weighted by molar-refractivity contribution is -0.148. The van der Waals surface area contributed by atoms with Crippen LogP contribution in [0.5, 0.6) is 0 Å². The molecular formula is C24H25F2NO4. The van der Waals surface area contributed by atoms with E-state index in [0.29, 0.717) is 5.56 Å². The van der Waals surface area contributed by atoms with Gasteiger partial charge in [0.2, 0.25) is 0 Å². The van der Waals surface area contributed by atoms with E-state index in [1.165, 1.54) is 32.1 Å². The number of amides is 1. The zero-order valence-electron chi connectivity index (χ0n) is 18.1. The van der Waals surface area contributed by atoms with Crippen molar-refractivity contribution in [1.29, 1.82) is 0 Å². The number of Topliss-reactive ketones (excluding diaryl/α,β-unsaturated/α-hetero) is 1. The monoisotopic (exact) mass is 429 g/mol. The molecule has 0 aliphatic carbocycles. The number of carbonyl (C=O) groups is 3. The summed E-state index contributed by atoms with van der Waals surface area (Å²) in [6, 6.07) is 9.41. The number of ether oxygens (including phenoxy) is 1. The number of benzene rings is 2. The van der Waals surface area contributed by atoms with Gasteiger partial charge in [-0.1, -0.05) is 30.3 Å². The van der Waals surface area contributed by atoms with Crippen LogP contribution in [0.1, 0.15) is 60.9 Å². The fourth-order valence-electron chi connectivity index (χ4n) is 2.72. The van der Waals surface area contributed by atoms with E-state index in [4.69, 9.17) is 4.74 Å². The maximum absolute atomic E-state index is 13.8. The highest BCUT2D eigenvalue weighted by Gasteiger charge is 2.32. The van der Waals surface area contributed by atoms with E-state index in [1.54, 1.807) is 39.0 Å². The van der Waals surface area contributed by atoms with Crippen LogP contribution in [0, 0.1) is 11.6 Å². The third-order valence-electron chi connectivity index (χ3n) is 4.18. The van der Waals surface area contributed by atoms with Crippen LogP contribution in [0.4, 0.5) is 8.78 Å². The molecular weight excluding hydrogens is 404 g/mol. The number of nitrogens with one attached hydrogen (secondary N) is 1. The molecule has 5 nitrogen and oxygen atoms in total. The van der Waals surface area contributed by atoms with Crippen molar-refractivity contribution in [3.05, 3.63) is 76.9 Å². The molecule has 7 heteroatoms. The molecule has 0 saturated carbocycles. The third-order valence-corrected chi connectivity index (χ3v) is 4.18. The summed E-state index contributed by atoms with van der Waals surface area (Å²) in [6.45, 7) is 8.19. The summed E-state index contributed by atoms with van der Waals surface area (Å²) in [5, 5.41) is 2.39. The van der Waals surface area contributed by atoms with Crippen LogP contribution < -0.4 is 5.32 Å². The van der Waals surface area contributed by atoms with E-state index in [1.807, 2.05) is 0 Å². The van der Waals surface area contributed by atoms with Crippen LogP contribution >= 0.6 is 0 Å². The molecule has 164 valence electrons. The number of rotatable bonds is 6. The third kappa shape index (κ3) is 6.57. The summed E-state index contributed by atoms with van der Waals surface area (Å²) in [5.41, 5.74) is -1.81. The lowest BCUT2D eigenvalue weighted by Gasteiger charge is -2.25. The van der Waals surface area contributed by atoms with E-state index < -0.39 is 46.0 Å². The molecule has 0 saturated heterocycles. The van der Waals surface area contributed by atoms with Gasteiger partial charge in [0.05, 0.1) is 5.54 Å². The maximum atomic E-state index is 13.8. The smallest absolute Gasteiger partial charge is 0.331 e. The van der Waals surface area contributed by atoms with Gasteiger partial charge < -0.3 is 10.1 Å². The van der Waals surface area contributed by atoms with Gasteiger partial charge in [-0.15, -0.1) is 0 Å². The SMILES string of the molecule is CC(C)(C)OC(=O)C=Cc1ccc(C(=O)C(C)(C)NC(=O)c2c(F)cccc2F)cc1. The molecule has 0 heterocycles. The highest BCUT2D eigenvalue weighted by atomic mass is 19.1. The highest BCUT2D eigenvalue weighted by Crippen LogP contribution is 2.18. The lowest BCUT2D eigenvalue weighted by Crippen LogP contribution is -2.50. The summed E-state index contributed by atoms with van der Waals surface area (Å²) in [7, 11) is 0. The van der Waals surface area contributed by atoms with Gasteiger partial charge >= 0.3 is 5.97 Å². The predicted octanol–water partition coefficient (Wildman–Crippen LogP) is 4.71. The van der Waals surface area contributed by atoms with Gasteiger partial charge in [0.15, 0.2) is 5.78 Å². The molecule has 2 rings (SSSR count). The van der Waals surface area contributed by atoms with Crippen molar-refractivity contribution in [3.63, 3.8) is 0 Å². The van der Waals surface area contributed by atoms with Gasteiger partial charge in [-0.05, 0) is 58.4 Å². The van der Waals surface area contributed by atoms with E-state index in [-0.39, 0.29) is 5.56 Å². The molecule has 1 N–H and O–H groups in total. The van der Waals surface area contributed by atoms with Crippen molar-refractivity contribution >= 4 is 23.7 Å². The first-order chi connectivity index (χ1) is 14.3. The minimum absolute atomic E-state index is 0.286. The van der Waals surface area contributed by atoms with Crippen LogP contribution in [0.25, 0.3) is 6.08 Å².